The number of hydrogen-bond donors (Lipinski definition) is 1. The topological polar surface area (TPSA) is 85.6 Å². The van der Waals surface area contributed by atoms with Gasteiger partial charge in [0.15, 0.2) is 10.9 Å². The molecular formula is C22H17BrCl2N6OS. The molecule has 0 saturated heterocycles. The lowest BCUT2D eigenvalue weighted by Crippen LogP contribution is -2.15. The lowest BCUT2D eigenvalue weighted by atomic mass is 10.2. The number of aromatic nitrogens is 5. The molecule has 0 radical (unpaired) electrons. The second-order valence-corrected chi connectivity index (χ2v) is 9.75. The number of amides is 1. The smallest absolute Gasteiger partial charge is 0.278 e. The molecule has 2 aromatic heterocycles. The molecule has 7 nitrogen and oxygen atoms in total. The van der Waals surface area contributed by atoms with E-state index in [0.29, 0.717) is 32.3 Å². The molecule has 4 rings (SSSR count). The summed E-state index contributed by atoms with van der Waals surface area (Å²) in [5.41, 5.74) is 3.84. The molecule has 33 heavy (non-hydrogen) atoms. The summed E-state index contributed by atoms with van der Waals surface area (Å²) in [5, 5.41) is 12.6. The Morgan fingerprint density at radius 3 is 2.39 bits per heavy atom. The van der Waals surface area contributed by atoms with Crippen LogP contribution in [0.25, 0.3) is 5.69 Å². The second kappa shape index (κ2) is 10.2. The minimum atomic E-state index is -0.409. The Kier molecular flexibility index (Phi) is 7.33. The molecule has 0 fully saturated rings. The van der Waals surface area contributed by atoms with Crippen LogP contribution < -0.4 is 5.32 Å². The van der Waals surface area contributed by atoms with Gasteiger partial charge >= 0.3 is 0 Å². The SMILES string of the molecule is Cc1cc(C)nc(SCc2c(C(=O)Nc3ccc(Cl)c(Cl)c3)nnn2-c2ccc(Br)cc2)n1. The quantitative estimate of drug-likeness (QED) is 0.219. The number of carbonyl (C=O) groups excluding carboxylic acids is 1. The van der Waals surface area contributed by atoms with Gasteiger partial charge in [0, 0.05) is 27.3 Å². The zero-order chi connectivity index (χ0) is 23.5. The van der Waals surface area contributed by atoms with Gasteiger partial charge in [-0.3, -0.25) is 4.79 Å². The second-order valence-electron chi connectivity index (χ2n) is 7.08. The van der Waals surface area contributed by atoms with Crippen molar-refractivity contribution in [1.82, 2.24) is 25.0 Å². The maximum atomic E-state index is 13.1. The van der Waals surface area contributed by atoms with Gasteiger partial charge in [-0.05, 0) is 62.4 Å². The van der Waals surface area contributed by atoms with Crippen LogP contribution in [-0.4, -0.2) is 30.9 Å². The number of nitrogens with zero attached hydrogens (tertiary/aromatic N) is 5. The molecule has 2 heterocycles. The first kappa shape index (κ1) is 23.7. The largest absolute Gasteiger partial charge is 0.320 e. The van der Waals surface area contributed by atoms with Crippen molar-refractivity contribution in [3.8, 4) is 5.69 Å². The summed E-state index contributed by atoms with van der Waals surface area (Å²) < 4.78 is 2.58. The molecule has 1 N–H and O–H groups in total. The summed E-state index contributed by atoms with van der Waals surface area (Å²) in [6.07, 6.45) is 0. The summed E-state index contributed by atoms with van der Waals surface area (Å²) in [5.74, 6) is -0.0236. The molecule has 0 aliphatic heterocycles. The number of anilines is 1. The van der Waals surface area contributed by atoms with Gasteiger partial charge in [0.25, 0.3) is 5.91 Å². The van der Waals surface area contributed by atoms with E-state index in [4.69, 9.17) is 23.2 Å². The maximum Gasteiger partial charge on any atom is 0.278 e. The van der Waals surface area contributed by atoms with Crippen molar-refractivity contribution in [2.75, 3.05) is 5.32 Å². The first-order valence-corrected chi connectivity index (χ1v) is 12.3. The van der Waals surface area contributed by atoms with Crippen molar-refractivity contribution in [1.29, 1.82) is 0 Å². The van der Waals surface area contributed by atoms with Crippen LogP contribution in [0.15, 0.2) is 58.2 Å². The molecule has 4 aromatic rings. The summed E-state index contributed by atoms with van der Waals surface area (Å²) in [7, 11) is 0. The van der Waals surface area contributed by atoms with Crippen LogP contribution in [0.2, 0.25) is 10.0 Å². The minimum Gasteiger partial charge on any atom is -0.320 e. The number of thioether (sulfide) groups is 1. The van der Waals surface area contributed by atoms with E-state index in [-0.39, 0.29) is 5.69 Å². The molecule has 2 aromatic carbocycles. The molecule has 0 atom stereocenters. The molecule has 168 valence electrons. The number of rotatable bonds is 6. The number of carbonyl (C=O) groups is 1. The summed E-state index contributed by atoms with van der Waals surface area (Å²) in [6.45, 7) is 3.84. The highest BCUT2D eigenvalue weighted by molar-refractivity contribution is 9.10. The van der Waals surface area contributed by atoms with E-state index in [1.165, 1.54) is 11.8 Å². The van der Waals surface area contributed by atoms with Crippen molar-refractivity contribution in [2.24, 2.45) is 0 Å². The average molecular weight is 564 g/mol. The standard InChI is InChI=1S/C22H17BrCl2N6OS/c1-12-9-13(2)27-22(26-12)33-11-19-20(21(32)28-15-5-8-17(24)18(25)10-15)29-30-31(19)16-6-3-14(23)4-7-16/h3-10H,11H2,1-2H3,(H,28,32). The normalized spacial score (nSPS) is 10.9. The van der Waals surface area contributed by atoms with E-state index in [0.717, 1.165) is 21.5 Å². The molecular weight excluding hydrogens is 547 g/mol. The third kappa shape index (κ3) is 5.73. The Balaban J connectivity index is 1.67. The number of nitrogens with one attached hydrogen (secondary N) is 1. The van der Waals surface area contributed by atoms with Crippen molar-refractivity contribution >= 4 is 62.5 Å². The van der Waals surface area contributed by atoms with Gasteiger partial charge in [0.1, 0.15) is 0 Å². The van der Waals surface area contributed by atoms with Crippen LogP contribution >= 0.6 is 50.9 Å². The fourth-order valence-electron chi connectivity index (χ4n) is 3.05. The molecule has 11 heteroatoms. The predicted molar refractivity (Wildman–Crippen MR) is 135 cm³/mol. The Morgan fingerprint density at radius 2 is 1.73 bits per heavy atom. The Morgan fingerprint density at radius 1 is 1.03 bits per heavy atom. The van der Waals surface area contributed by atoms with Gasteiger partial charge in [-0.2, -0.15) is 0 Å². The fraction of sp³-hybridized carbons (Fsp3) is 0.136. The number of halogens is 3. The van der Waals surface area contributed by atoms with Crippen LogP contribution in [0.3, 0.4) is 0 Å². The summed E-state index contributed by atoms with van der Waals surface area (Å²) in [4.78, 5) is 22.0. The Labute approximate surface area is 213 Å². The van der Waals surface area contributed by atoms with Crippen LogP contribution in [0.4, 0.5) is 5.69 Å². The van der Waals surface area contributed by atoms with Gasteiger partial charge in [-0.25, -0.2) is 14.6 Å². The molecule has 0 aliphatic rings. The summed E-state index contributed by atoms with van der Waals surface area (Å²) >= 11 is 16.9. The lowest BCUT2D eigenvalue weighted by molar-refractivity contribution is 0.102. The van der Waals surface area contributed by atoms with Gasteiger partial charge in [-0.1, -0.05) is 56.1 Å². The van der Waals surface area contributed by atoms with E-state index in [2.05, 4.69) is 41.5 Å². The molecule has 0 saturated carbocycles. The molecule has 0 bridgehead atoms. The van der Waals surface area contributed by atoms with Crippen molar-refractivity contribution in [3.63, 3.8) is 0 Å². The number of hydrogen-bond acceptors (Lipinski definition) is 6. The van der Waals surface area contributed by atoms with Gasteiger partial charge < -0.3 is 5.32 Å². The zero-order valence-corrected chi connectivity index (χ0v) is 21.4. The van der Waals surface area contributed by atoms with Crippen molar-refractivity contribution in [2.45, 2.75) is 24.8 Å². The van der Waals surface area contributed by atoms with Gasteiger partial charge in [0.05, 0.1) is 21.4 Å². The molecule has 0 unspecified atom stereocenters. The van der Waals surface area contributed by atoms with E-state index in [1.807, 2.05) is 44.2 Å². The monoisotopic (exact) mass is 562 g/mol. The predicted octanol–water partition coefficient (Wildman–Crippen LogP) is 6.29. The number of aryl methyl sites for hydroxylation is 2. The van der Waals surface area contributed by atoms with E-state index < -0.39 is 5.91 Å². The first-order valence-electron chi connectivity index (χ1n) is 9.72. The van der Waals surface area contributed by atoms with Crippen LogP contribution in [0, 0.1) is 13.8 Å². The Bertz CT molecular complexity index is 1310. The highest BCUT2D eigenvalue weighted by atomic mass is 79.9. The first-order chi connectivity index (χ1) is 15.8. The fourth-order valence-corrected chi connectivity index (χ4v) is 4.56. The third-order valence-corrected chi connectivity index (χ3v) is 6.65. The van der Waals surface area contributed by atoms with Crippen LogP contribution in [-0.2, 0) is 5.75 Å². The van der Waals surface area contributed by atoms with Gasteiger partial charge in [0.2, 0.25) is 0 Å². The van der Waals surface area contributed by atoms with Crippen LogP contribution in [0.1, 0.15) is 27.6 Å². The van der Waals surface area contributed by atoms with Crippen molar-refractivity contribution in [3.05, 3.63) is 85.8 Å². The lowest BCUT2D eigenvalue weighted by Gasteiger charge is -2.09. The van der Waals surface area contributed by atoms with Crippen molar-refractivity contribution < 1.29 is 4.79 Å². The maximum absolute atomic E-state index is 13.1. The minimum absolute atomic E-state index is 0.195. The average Bonchev–Trinajstić information content (AvgIpc) is 3.19. The summed E-state index contributed by atoms with van der Waals surface area (Å²) in [6, 6.07) is 14.4. The van der Waals surface area contributed by atoms with Gasteiger partial charge in [-0.15, -0.1) is 5.10 Å². The van der Waals surface area contributed by atoms with E-state index in [9.17, 15) is 4.79 Å². The highest BCUT2D eigenvalue weighted by Crippen LogP contribution is 2.27. The van der Waals surface area contributed by atoms with Crippen LogP contribution in [0.5, 0.6) is 0 Å². The highest BCUT2D eigenvalue weighted by Gasteiger charge is 2.22. The zero-order valence-electron chi connectivity index (χ0n) is 17.5. The van der Waals surface area contributed by atoms with E-state index >= 15 is 0 Å². The molecule has 0 spiro atoms. The number of benzene rings is 2. The molecule has 0 aliphatic carbocycles. The molecule has 1 amide bonds. The third-order valence-electron chi connectivity index (χ3n) is 4.53. The van der Waals surface area contributed by atoms with E-state index in [1.54, 1.807) is 22.9 Å². The Hall–Kier alpha value is -2.46.